The number of hydrogen-bond acceptors (Lipinski definition) is 3. The van der Waals surface area contributed by atoms with Gasteiger partial charge in [-0.05, 0) is 43.7 Å². The maximum Gasteiger partial charge on any atom is 0.234 e. The van der Waals surface area contributed by atoms with Gasteiger partial charge < -0.3 is 15.4 Å². The minimum atomic E-state index is -0.329. The van der Waals surface area contributed by atoms with Crippen LogP contribution in [0.2, 0.25) is 0 Å². The van der Waals surface area contributed by atoms with Crippen molar-refractivity contribution in [1.29, 1.82) is 0 Å². The normalized spacial score (nSPS) is 19.5. The number of aliphatic hydroxyl groups excluding tert-OH is 1. The van der Waals surface area contributed by atoms with Gasteiger partial charge in [-0.25, -0.2) is 4.39 Å². The third kappa shape index (κ3) is 3.64. The van der Waals surface area contributed by atoms with Gasteiger partial charge in [-0.15, -0.1) is 0 Å². The van der Waals surface area contributed by atoms with Crippen LogP contribution in [0.15, 0.2) is 24.3 Å². The number of aromatic amines is 1. The Bertz CT molecular complexity index is 670. The lowest BCUT2D eigenvalue weighted by molar-refractivity contribution is -0.123. The topological polar surface area (TPSA) is 68.4 Å². The largest absolute Gasteiger partial charge is 0.392 e. The van der Waals surface area contributed by atoms with Gasteiger partial charge in [0.1, 0.15) is 5.82 Å². The minimum Gasteiger partial charge on any atom is -0.392 e. The molecule has 1 aliphatic rings. The summed E-state index contributed by atoms with van der Waals surface area (Å²) < 4.78 is 13.1. The van der Waals surface area contributed by atoms with Crippen LogP contribution >= 0.6 is 0 Å². The van der Waals surface area contributed by atoms with Gasteiger partial charge in [0.25, 0.3) is 0 Å². The average molecular weight is 305 g/mol. The fraction of sp³-hybridized carbons (Fsp3) is 0.438. The first-order chi connectivity index (χ1) is 10.6. The zero-order chi connectivity index (χ0) is 15.5. The number of hydrogen-bond donors (Lipinski definition) is 3. The molecule has 1 atom stereocenters. The molecule has 0 bridgehead atoms. The first-order valence-electron chi connectivity index (χ1n) is 7.54. The summed E-state index contributed by atoms with van der Waals surface area (Å²) in [6.45, 7) is 2.08. The van der Waals surface area contributed by atoms with Crippen LogP contribution in [0.5, 0.6) is 0 Å². The molecule has 118 valence electrons. The number of halogens is 1. The van der Waals surface area contributed by atoms with E-state index in [0.717, 1.165) is 36.0 Å². The number of carbonyl (C=O) groups is 1. The molecule has 0 radical (unpaired) electrons. The number of rotatable bonds is 4. The number of amides is 1. The van der Waals surface area contributed by atoms with Crippen LogP contribution in [0.3, 0.4) is 0 Å². The molecule has 1 saturated heterocycles. The van der Waals surface area contributed by atoms with Crippen LogP contribution in [-0.4, -0.2) is 46.6 Å². The Morgan fingerprint density at radius 1 is 1.45 bits per heavy atom. The number of aromatic nitrogens is 1. The number of aliphatic hydroxyl groups is 1. The third-order valence-corrected chi connectivity index (χ3v) is 3.96. The lowest BCUT2D eigenvalue weighted by Gasteiger charge is -2.29. The van der Waals surface area contributed by atoms with Crippen molar-refractivity contribution in [2.24, 2.45) is 0 Å². The third-order valence-electron chi connectivity index (χ3n) is 3.96. The Morgan fingerprint density at radius 2 is 2.32 bits per heavy atom. The SMILES string of the molecule is O=C(CN1CCC[C@@H](O)C1)NCc1cc2cc(F)ccc2[nH]1. The molecule has 1 aromatic heterocycles. The molecule has 1 aliphatic heterocycles. The van der Waals surface area contributed by atoms with E-state index in [9.17, 15) is 14.3 Å². The predicted octanol–water partition coefficient (Wildman–Crippen LogP) is 1.38. The molecule has 3 N–H and O–H groups in total. The van der Waals surface area contributed by atoms with Crippen molar-refractivity contribution < 1.29 is 14.3 Å². The van der Waals surface area contributed by atoms with E-state index in [1.807, 2.05) is 11.0 Å². The number of nitrogens with zero attached hydrogens (tertiary/aromatic N) is 1. The number of likely N-dealkylation sites (tertiary alicyclic amines) is 1. The highest BCUT2D eigenvalue weighted by Crippen LogP contribution is 2.16. The molecule has 1 fully saturated rings. The highest BCUT2D eigenvalue weighted by molar-refractivity contribution is 5.81. The van der Waals surface area contributed by atoms with Gasteiger partial charge >= 0.3 is 0 Å². The summed E-state index contributed by atoms with van der Waals surface area (Å²) in [6.07, 6.45) is 1.40. The van der Waals surface area contributed by atoms with E-state index < -0.39 is 0 Å². The van der Waals surface area contributed by atoms with Crippen molar-refractivity contribution in [1.82, 2.24) is 15.2 Å². The summed E-state index contributed by atoms with van der Waals surface area (Å²) in [7, 11) is 0. The minimum absolute atomic E-state index is 0.0704. The monoisotopic (exact) mass is 305 g/mol. The van der Waals surface area contributed by atoms with E-state index in [0.29, 0.717) is 19.6 Å². The zero-order valence-corrected chi connectivity index (χ0v) is 12.3. The molecule has 5 nitrogen and oxygen atoms in total. The van der Waals surface area contributed by atoms with Crippen LogP contribution in [-0.2, 0) is 11.3 Å². The standard InChI is InChI=1S/C16H20FN3O2/c17-12-3-4-15-11(6-12)7-13(19-15)8-18-16(22)10-20-5-1-2-14(21)9-20/h3-4,6-7,14,19,21H,1-2,5,8-10H2,(H,18,22)/t14-/m1/s1. The van der Waals surface area contributed by atoms with Crippen molar-refractivity contribution in [3.05, 3.63) is 35.8 Å². The van der Waals surface area contributed by atoms with Crippen LogP contribution in [0.1, 0.15) is 18.5 Å². The lowest BCUT2D eigenvalue weighted by atomic mass is 10.1. The molecular weight excluding hydrogens is 285 g/mol. The second-order valence-electron chi connectivity index (χ2n) is 5.83. The molecule has 6 heteroatoms. The summed E-state index contributed by atoms with van der Waals surface area (Å²) in [5.41, 5.74) is 1.69. The van der Waals surface area contributed by atoms with Gasteiger partial charge in [-0.1, -0.05) is 0 Å². The predicted molar refractivity (Wildman–Crippen MR) is 81.8 cm³/mol. The summed E-state index contributed by atoms with van der Waals surface area (Å²) in [6, 6.07) is 6.39. The van der Waals surface area contributed by atoms with Crippen molar-refractivity contribution in [2.45, 2.75) is 25.5 Å². The Morgan fingerprint density at radius 3 is 3.14 bits per heavy atom. The molecule has 3 rings (SSSR count). The van der Waals surface area contributed by atoms with Gasteiger partial charge in [0.15, 0.2) is 0 Å². The number of benzene rings is 1. The van der Waals surface area contributed by atoms with E-state index in [1.165, 1.54) is 12.1 Å². The number of β-amino-alcohol motifs (C(OH)–C–C–N with tert-alkyl or cyclic N) is 1. The van der Waals surface area contributed by atoms with E-state index in [4.69, 9.17) is 0 Å². The first-order valence-corrected chi connectivity index (χ1v) is 7.54. The van der Waals surface area contributed by atoms with E-state index in [1.54, 1.807) is 6.07 Å². The Balaban J connectivity index is 1.53. The Labute approximate surface area is 128 Å². The van der Waals surface area contributed by atoms with Crippen molar-refractivity contribution in [3.63, 3.8) is 0 Å². The van der Waals surface area contributed by atoms with Crippen LogP contribution in [0, 0.1) is 5.82 Å². The molecule has 1 aromatic carbocycles. The summed E-state index contributed by atoms with van der Waals surface area (Å²) in [5, 5.41) is 13.2. The molecule has 0 saturated carbocycles. The number of fused-ring (bicyclic) bond motifs is 1. The second kappa shape index (κ2) is 6.46. The first kappa shape index (κ1) is 15.0. The second-order valence-corrected chi connectivity index (χ2v) is 5.83. The summed E-state index contributed by atoms with van der Waals surface area (Å²) >= 11 is 0. The van der Waals surface area contributed by atoms with Gasteiger partial charge in [0.05, 0.1) is 19.2 Å². The Kier molecular flexibility index (Phi) is 4.40. The molecule has 2 aromatic rings. The van der Waals surface area contributed by atoms with E-state index in [-0.39, 0.29) is 17.8 Å². The molecule has 1 amide bonds. The fourth-order valence-electron chi connectivity index (χ4n) is 2.89. The maximum atomic E-state index is 13.1. The number of carbonyl (C=O) groups excluding carboxylic acids is 1. The van der Waals surface area contributed by atoms with Crippen LogP contribution < -0.4 is 5.32 Å². The highest BCUT2D eigenvalue weighted by Gasteiger charge is 2.19. The molecule has 0 unspecified atom stereocenters. The molecule has 0 aliphatic carbocycles. The fourth-order valence-corrected chi connectivity index (χ4v) is 2.89. The van der Waals surface area contributed by atoms with E-state index >= 15 is 0 Å². The summed E-state index contributed by atoms with van der Waals surface area (Å²) in [4.78, 5) is 17.1. The van der Waals surface area contributed by atoms with Gasteiger partial charge in [-0.3, -0.25) is 9.69 Å². The lowest BCUT2D eigenvalue weighted by Crippen LogP contribution is -2.44. The van der Waals surface area contributed by atoms with E-state index in [2.05, 4.69) is 10.3 Å². The van der Waals surface area contributed by atoms with Crippen LogP contribution in [0.4, 0.5) is 4.39 Å². The van der Waals surface area contributed by atoms with Gasteiger partial charge in [0, 0.05) is 23.1 Å². The molecular formula is C16H20FN3O2. The molecule has 0 spiro atoms. The zero-order valence-electron chi connectivity index (χ0n) is 12.3. The molecule has 22 heavy (non-hydrogen) atoms. The highest BCUT2D eigenvalue weighted by atomic mass is 19.1. The molecule has 2 heterocycles. The number of H-pyrrole nitrogens is 1. The van der Waals surface area contributed by atoms with Crippen molar-refractivity contribution in [3.8, 4) is 0 Å². The van der Waals surface area contributed by atoms with Gasteiger partial charge in [0.2, 0.25) is 5.91 Å². The number of nitrogens with one attached hydrogen (secondary N) is 2. The van der Waals surface area contributed by atoms with Crippen LogP contribution in [0.25, 0.3) is 10.9 Å². The average Bonchev–Trinajstić information content (AvgIpc) is 2.87. The van der Waals surface area contributed by atoms with Crippen molar-refractivity contribution in [2.75, 3.05) is 19.6 Å². The maximum absolute atomic E-state index is 13.1. The quantitative estimate of drug-likeness (QED) is 0.799. The smallest absolute Gasteiger partial charge is 0.234 e. The van der Waals surface area contributed by atoms with Crippen molar-refractivity contribution >= 4 is 16.8 Å². The number of piperidine rings is 1. The Hall–Kier alpha value is -1.92. The summed E-state index contributed by atoms with van der Waals surface area (Å²) in [5.74, 6) is -0.343. The van der Waals surface area contributed by atoms with Gasteiger partial charge in [-0.2, -0.15) is 0 Å².